The predicted octanol–water partition coefficient (Wildman–Crippen LogP) is 3.40. The van der Waals surface area contributed by atoms with Gasteiger partial charge in [-0.1, -0.05) is 36.8 Å². The molecule has 0 aromatic heterocycles. The van der Waals surface area contributed by atoms with Crippen LogP contribution in [0.1, 0.15) is 37.3 Å². The highest BCUT2D eigenvalue weighted by molar-refractivity contribution is 5.85. The number of carbonyl (C=O) groups excluding carboxylic acids is 1. The lowest BCUT2D eigenvalue weighted by Crippen LogP contribution is -2.36. The van der Waals surface area contributed by atoms with Gasteiger partial charge in [-0.05, 0) is 50.3 Å². The fourth-order valence-electron chi connectivity index (χ4n) is 3.13. The zero-order chi connectivity index (χ0) is 15.2. The Morgan fingerprint density at radius 1 is 1.45 bits per heavy atom. The van der Waals surface area contributed by atoms with Crippen molar-refractivity contribution < 1.29 is 4.79 Å². The molecule has 3 nitrogen and oxygen atoms in total. The molecule has 0 aliphatic carbocycles. The van der Waals surface area contributed by atoms with Gasteiger partial charge in [-0.25, -0.2) is 0 Å². The lowest BCUT2D eigenvalue weighted by Gasteiger charge is -2.29. The van der Waals surface area contributed by atoms with Crippen molar-refractivity contribution in [1.82, 2.24) is 10.2 Å². The number of halogens is 1. The number of hydrogen-bond donors (Lipinski definition) is 1. The second-order valence-corrected chi connectivity index (χ2v) is 6.53. The summed E-state index contributed by atoms with van der Waals surface area (Å²) >= 11 is 0. The number of amides is 1. The van der Waals surface area contributed by atoms with Crippen molar-refractivity contribution in [2.75, 3.05) is 20.1 Å². The zero-order valence-electron chi connectivity index (χ0n) is 14.0. The van der Waals surface area contributed by atoms with E-state index in [4.69, 9.17) is 0 Å². The molecule has 2 atom stereocenters. The Morgan fingerprint density at radius 2 is 2.23 bits per heavy atom. The predicted molar refractivity (Wildman–Crippen MR) is 94.3 cm³/mol. The Kier molecular flexibility index (Phi) is 7.91. The first-order valence-electron chi connectivity index (χ1n) is 8.06. The lowest BCUT2D eigenvalue weighted by atomic mass is 9.85. The molecule has 1 heterocycles. The van der Waals surface area contributed by atoms with Crippen LogP contribution in [0.5, 0.6) is 0 Å². The number of aryl methyl sites for hydroxylation is 1. The van der Waals surface area contributed by atoms with E-state index in [-0.39, 0.29) is 18.3 Å². The van der Waals surface area contributed by atoms with E-state index < -0.39 is 0 Å². The number of carbonyl (C=O) groups is 1. The molecule has 124 valence electrons. The minimum absolute atomic E-state index is 0. The largest absolute Gasteiger partial charge is 0.341 e. The number of piperidine rings is 1. The maximum atomic E-state index is 12.4. The molecule has 2 unspecified atom stereocenters. The van der Waals surface area contributed by atoms with Gasteiger partial charge in [0.1, 0.15) is 0 Å². The Hall–Kier alpha value is -1.06. The molecule has 1 aromatic carbocycles. The summed E-state index contributed by atoms with van der Waals surface area (Å²) in [5.74, 6) is 1.37. The van der Waals surface area contributed by atoms with Crippen LogP contribution in [0.2, 0.25) is 0 Å². The summed E-state index contributed by atoms with van der Waals surface area (Å²) in [7, 11) is 1.91. The Bertz CT molecular complexity index is 472. The Labute approximate surface area is 140 Å². The molecule has 0 saturated carbocycles. The highest BCUT2D eigenvalue weighted by Gasteiger charge is 2.23. The van der Waals surface area contributed by atoms with E-state index in [0.29, 0.717) is 24.8 Å². The van der Waals surface area contributed by atoms with Gasteiger partial charge in [-0.2, -0.15) is 0 Å². The summed E-state index contributed by atoms with van der Waals surface area (Å²) in [5.41, 5.74) is 2.45. The maximum absolute atomic E-state index is 12.4. The van der Waals surface area contributed by atoms with E-state index in [9.17, 15) is 4.79 Å². The molecule has 4 heteroatoms. The van der Waals surface area contributed by atoms with Crippen molar-refractivity contribution in [2.24, 2.45) is 11.8 Å². The molecule has 22 heavy (non-hydrogen) atoms. The van der Waals surface area contributed by atoms with Gasteiger partial charge in [0.25, 0.3) is 0 Å². The van der Waals surface area contributed by atoms with Crippen LogP contribution in [0.15, 0.2) is 24.3 Å². The average molecular weight is 325 g/mol. The van der Waals surface area contributed by atoms with Gasteiger partial charge in [0, 0.05) is 20.0 Å². The molecule has 0 spiro atoms. The molecule has 0 radical (unpaired) electrons. The fourth-order valence-corrected chi connectivity index (χ4v) is 3.13. The van der Waals surface area contributed by atoms with Crippen molar-refractivity contribution >= 4 is 18.3 Å². The first kappa shape index (κ1) is 19.0. The molecule has 1 aromatic rings. The fraction of sp³-hybridized carbons (Fsp3) is 0.611. The van der Waals surface area contributed by atoms with Crippen molar-refractivity contribution in [3.05, 3.63) is 35.4 Å². The summed E-state index contributed by atoms with van der Waals surface area (Å²) in [6.45, 7) is 7.20. The Morgan fingerprint density at radius 3 is 2.86 bits per heavy atom. The number of benzene rings is 1. The van der Waals surface area contributed by atoms with Crippen molar-refractivity contribution in [2.45, 2.75) is 39.7 Å². The zero-order valence-corrected chi connectivity index (χ0v) is 14.8. The van der Waals surface area contributed by atoms with Gasteiger partial charge in [0.2, 0.25) is 5.91 Å². The monoisotopic (exact) mass is 324 g/mol. The van der Waals surface area contributed by atoms with Crippen LogP contribution in [0.25, 0.3) is 0 Å². The van der Waals surface area contributed by atoms with Crippen LogP contribution < -0.4 is 5.32 Å². The second-order valence-electron chi connectivity index (χ2n) is 6.53. The van der Waals surface area contributed by atoms with Crippen molar-refractivity contribution in [3.63, 3.8) is 0 Å². The third-order valence-corrected chi connectivity index (χ3v) is 4.56. The summed E-state index contributed by atoms with van der Waals surface area (Å²) in [4.78, 5) is 14.3. The quantitative estimate of drug-likeness (QED) is 0.900. The molecule has 1 N–H and O–H groups in total. The molecule has 1 aliphatic heterocycles. The van der Waals surface area contributed by atoms with Crippen LogP contribution in [0.3, 0.4) is 0 Å². The third kappa shape index (κ3) is 5.62. The highest BCUT2D eigenvalue weighted by atomic mass is 35.5. The van der Waals surface area contributed by atoms with E-state index in [1.807, 2.05) is 11.9 Å². The lowest BCUT2D eigenvalue weighted by molar-refractivity contribution is -0.131. The van der Waals surface area contributed by atoms with E-state index >= 15 is 0 Å². The first-order valence-corrected chi connectivity index (χ1v) is 8.06. The number of nitrogens with zero attached hydrogens (tertiary/aromatic N) is 1. The van der Waals surface area contributed by atoms with Crippen LogP contribution >= 0.6 is 12.4 Å². The van der Waals surface area contributed by atoms with E-state index in [0.717, 1.165) is 13.1 Å². The van der Waals surface area contributed by atoms with Gasteiger partial charge >= 0.3 is 0 Å². The molecule has 1 amide bonds. The molecule has 0 bridgehead atoms. The van der Waals surface area contributed by atoms with E-state index in [2.05, 4.69) is 43.4 Å². The molecule has 1 saturated heterocycles. The van der Waals surface area contributed by atoms with Crippen LogP contribution in [0.4, 0.5) is 0 Å². The van der Waals surface area contributed by atoms with Gasteiger partial charge < -0.3 is 10.2 Å². The van der Waals surface area contributed by atoms with E-state index in [1.165, 1.54) is 24.0 Å². The normalized spacial score (nSPS) is 19.1. The SMILES string of the molecule is Cc1cccc(CN(C)C(=O)CC(C)C2CCCNC2)c1.Cl. The molecule has 1 fully saturated rings. The molecule has 1 aliphatic rings. The smallest absolute Gasteiger partial charge is 0.222 e. The topological polar surface area (TPSA) is 32.3 Å². The van der Waals surface area contributed by atoms with Crippen LogP contribution in [0, 0.1) is 18.8 Å². The van der Waals surface area contributed by atoms with Gasteiger partial charge in [-0.3, -0.25) is 4.79 Å². The maximum Gasteiger partial charge on any atom is 0.222 e. The summed E-state index contributed by atoms with van der Waals surface area (Å²) in [5, 5.41) is 3.44. The van der Waals surface area contributed by atoms with Gasteiger partial charge in [-0.15, -0.1) is 12.4 Å². The van der Waals surface area contributed by atoms with Crippen LogP contribution in [-0.2, 0) is 11.3 Å². The summed E-state index contributed by atoms with van der Waals surface area (Å²) in [6, 6.07) is 8.38. The third-order valence-electron chi connectivity index (χ3n) is 4.56. The number of hydrogen-bond acceptors (Lipinski definition) is 2. The average Bonchev–Trinajstić information content (AvgIpc) is 2.48. The number of rotatable bonds is 5. The van der Waals surface area contributed by atoms with E-state index in [1.54, 1.807) is 0 Å². The highest BCUT2D eigenvalue weighted by Crippen LogP contribution is 2.23. The molecular weight excluding hydrogens is 296 g/mol. The first-order chi connectivity index (χ1) is 10.1. The molecule has 2 rings (SSSR count). The minimum Gasteiger partial charge on any atom is -0.341 e. The number of nitrogens with one attached hydrogen (secondary N) is 1. The summed E-state index contributed by atoms with van der Waals surface area (Å²) in [6.07, 6.45) is 3.15. The van der Waals surface area contributed by atoms with Gasteiger partial charge in [0.15, 0.2) is 0 Å². The Balaban J connectivity index is 0.00000242. The van der Waals surface area contributed by atoms with Gasteiger partial charge in [0.05, 0.1) is 0 Å². The summed E-state index contributed by atoms with van der Waals surface area (Å²) < 4.78 is 0. The molecular formula is C18H29ClN2O. The van der Waals surface area contributed by atoms with Crippen molar-refractivity contribution in [3.8, 4) is 0 Å². The standard InChI is InChI=1S/C18H28N2O.ClH/c1-14-6-4-7-16(10-14)13-20(3)18(21)11-15(2)17-8-5-9-19-12-17;/h4,6-7,10,15,17,19H,5,8-9,11-13H2,1-3H3;1H. The van der Waals surface area contributed by atoms with Crippen LogP contribution in [-0.4, -0.2) is 30.9 Å². The second kappa shape index (κ2) is 9.16. The minimum atomic E-state index is 0. The van der Waals surface area contributed by atoms with Crippen molar-refractivity contribution in [1.29, 1.82) is 0 Å².